The molecule has 0 fully saturated rings. The van der Waals surface area contributed by atoms with E-state index in [4.69, 9.17) is 5.11 Å². The van der Waals surface area contributed by atoms with Gasteiger partial charge in [-0.3, -0.25) is 0 Å². The first-order valence-corrected chi connectivity index (χ1v) is 6.64. The van der Waals surface area contributed by atoms with E-state index in [1.165, 1.54) is 0 Å². The van der Waals surface area contributed by atoms with Gasteiger partial charge in [0.15, 0.2) is 0 Å². The van der Waals surface area contributed by atoms with Crippen LogP contribution in [0.1, 0.15) is 27.7 Å². The van der Waals surface area contributed by atoms with Gasteiger partial charge in [-0.25, -0.2) is 4.72 Å². The minimum atomic E-state index is -3.49. The molecule has 0 bridgehead atoms. The average Bonchev–Trinajstić information content (AvgIpc) is 2.11. The number of nitrogens with one attached hydrogen (secondary N) is 2. The van der Waals surface area contributed by atoms with Crippen molar-refractivity contribution in [3.63, 3.8) is 0 Å². The van der Waals surface area contributed by atoms with E-state index in [1.807, 2.05) is 27.7 Å². The molecule has 3 N–H and O–H groups in total. The smallest absolute Gasteiger partial charge is 0.277 e. The molecule has 0 amide bonds. The highest BCUT2D eigenvalue weighted by Gasteiger charge is 2.19. The highest BCUT2D eigenvalue weighted by atomic mass is 32.2. The van der Waals surface area contributed by atoms with E-state index in [0.29, 0.717) is 6.54 Å². The predicted molar refractivity (Wildman–Crippen MR) is 60.6 cm³/mol. The molecular weight excluding hydrogens is 216 g/mol. The van der Waals surface area contributed by atoms with Crippen molar-refractivity contribution in [2.24, 2.45) is 11.8 Å². The highest BCUT2D eigenvalue weighted by molar-refractivity contribution is 7.87. The molecule has 0 aromatic heterocycles. The lowest BCUT2D eigenvalue weighted by molar-refractivity contribution is 0.227. The number of rotatable bonds is 7. The fraction of sp³-hybridized carbons (Fsp3) is 1.00. The molecule has 0 aliphatic rings. The Morgan fingerprint density at radius 1 is 1.20 bits per heavy atom. The highest BCUT2D eigenvalue weighted by Crippen LogP contribution is 2.01. The van der Waals surface area contributed by atoms with Gasteiger partial charge in [-0.1, -0.05) is 27.7 Å². The molecule has 92 valence electrons. The molecule has 0 heterocycles. The minimum absolute atomic E-state index is 0.0608. The van der Waals surface area contributed by atoms with Crippen LogP contribution in [0, 0.1) is 11.8 Å². The number of hydrogen-bond donors (Lipinski definition) is 3. The van der Waals surface area contributed by atoms with Crippen molar-refractivity contribution < 1.29 is 13.5 Å². The Morgan fingerprint density at radius 2 is 1.73 bits per heavy atom. The van der Waals surface area contributed by atoms with Crippen LogP contribution in [0.5, 0.6) is 0 Å². The lowest BCUT2D eigenvalue weighted by Crippen LogP contribution is -2.47. The summed E-state index contributed by atoms with van der Waals surface area (Å²) in [4.78, 5) is 0. The maximum Gasteiger partial charge on any atom is 0.277 e. The second kappa shape index (κ2) is 6.42. The second-order valence-electron chi connectivity index (χ2n) is 4.40. The zero-order valence-electron chi connectivity index (χ0n) is 9.82. The molecule has 0 saturated carbocycles. The van der Waals surface area contributed by atoms with Crippen LogP contribution in [0.15, 0.2) is 0 Å². The monoisotopic (exact) mass is 238 g/mol. The molecule has 0 radical (unpaired) electrons. The van der Waals surface area contributed by atoms with E-state index in [0.717, 1.165) is 0 Å². The zero-order chi connectivity index (χ0) is 12.1. The van der Waals surface area contributed by atoms with Crippen molar-refractivity contribution in [1.29, 1.82) is 0 Å². The normalized spacial score (nSPS) is 14.9. The van der Waals surface area contributed by atoms with E-state index >= 15 is 0 Å². The molecule has 1 atom stereocenters. The SMILES string of the molecule is CC(C)CNS(=O)(=O)NC(CO)C(C)C. The number of aliphatic hydroxyl groups excluding tert-OH is 1. The molecule has 0 saturated heterocycles. The van der Waals surface area contributed by atoms with Gasteiger partial charge in [0.1, 0.15) is 0 Å². The molecule has 0 rings (SSSR count). The van der Waals surface area contributed by atoms with Crippen molar-refractivity contribution in [3.05, 3.63) is 0 Å². The number of aliphatic hydroxyl groups is 1. The Morgan fingerprint density at radius 3 is 2.07 bits per heavy atom. The van der Waals surface area contributed by atoms with Crippen LogP contribution < -0.4 is 9.44 Å². The summed E-state index contributed by atoms with van der Waals surface area (Å²) >= 11 is 0. The van der Waals surface area contributed by atoms with Crippen molar-refractivity contribution in [3.8, 4) is 0 Å². The molecule has 0 aromatic rings. The zero-order valence-corrected chi connectivity index (χ0v) is 10.6. The summed E-state index contributed by atoms with van der Waals surface area (Å²) in [5.41, 5.74) is 0. The summed E-state index contributed by atoms with van der Waals surface area (Å²) in [6.45, 7) is 7.76. The lowest BCUT2D eigenvalue weighted by atomic mass is 10.1. The van der Waals surface area contributed by atoms with Crippen LogP contribution in [-0.4, -0.2) is 32.7 Å². The van der Waals surface area contributed by atoms with Gasteiger partial charge in [0.05, 0.1) is 6.61 Å². The van der Waals surface area contributed by atoms with Crippen molar-refractivity contribution in [2.75, 3.05) is 13.2 Å². The van der Waals surface area contributed by atoms with Crippen LogP contribution in [-0.2, 0) is 10.2 Å². The summed E-state index contributed by atoms with van der Waals surface area (Å²) in [5, 5.41) is 8.98. The Hall–Kier alpha value is -0.170. The van der Waals surface area contributed by atoms with Crippen molar-refractivity contribution in [2.45, 2.75) is 33.7 Å². The third-order valence-corrected chi connectivity index (χ3v) is 3.15. The topological polar surface area (TPSA) is 78.4 Å². The van der Waals surface area contributed by atoms with Gasteiger partial charge in [0.2, 0.25) is 0 Å². The van der Waals surface area contributed by atoms with Gasteiger partial charge in [-0.2, -0.15) is 13.1 Å². The predicted octanol–water partition coefficient (Wildman–Crippen LogP) is 0.0833. The van der Waals surface area contributed by atoms with Crippen molar-refractivity contribution >= 4 is 10.2 Å². The van der Waals surface area contributed by atoms with Crippen LogP contribution in [0.2, 0.25) is 0 Å². The average molecular weight is 238 g/mol. The fourth-order valence-corrected chi connectivity index (χ4v) is 2.28. The first-order chi connectivity index (χ1) is 6.78. The van der Waals surface area contributed by atoms with E-state index in [9.17, 15) is 8.42 Å². The quantitative estimate of drug-likeness (QED) is 0.588. The van der Waals surface area contributed by atoms with Gasteiger partial charge in [-0.05, 0) is 11.8 Å². The summed E-state index contributed by atoms with van der Waals surface area (Å²) in [5.74, 6) is 0.318. The van der Waals surface area contributed by atoms with E-state index < -0.39 is 16.3 Å². The van der Waals surface area contributed by atoms with Crippen LogP contribution >= 0.6 is 0 Å². The molecule has 5 nitrogen and oxygen atoms in total. The van der Waals surface area contributed by atoms with Gasteiger partial charge >= 0.3 is 0 Å². The summed E-state index contributed by atoms with van der Waals surface area (Å²) in [6.07, 6.45) is 0. The van der Waals surface area contributed by atoms with E-state index in [1.54, 1.807) is 0 Å². The van der Waals surface area contributed by atoms with Crippen LogP contribution in [0.4, 0.5) is 0 Å². The Kier molecular flexibility index (Phi) is 6.35. The molecule has 1 unspecified atom stereocenters. The molecule has 0 aliphatic carbocycles. The second-order valence-corrected chi connectivity index (χ2v) is 5.93. The standard InChI is InChI=1S/C9H22N2O3S/c1-7(2)5-10-15(13,14)11-9(6-12)8(3)4/h7-12H,5-6H2,1-4H3. The molecular formula is C9H22N2O3S. The van der Waals surface area contributed by atoms with Crippen LogP contribution in [0.25, 0.3) is 0 Å². The van der Waals surface area contributed by atoms with Gasteiger partial charge in [-0.15, -0.1) is 0 Å². The molecule has 0 aromatic carbocycles. The van der Waals surface area contributed by atoms with Gasteiger partial charge < -0.3 is 5.11 Å². The van der Waals surface area contributed by atoms with Crippen LogP contribution in [0.3, 0.4) is 0 Å². The summed E-state index contributed by atoms with van der Waals surface area (Å²) < 4.78 is 27.8. The number of hydrogen-bond acceptors (Lipinski definition) is 3. The van der Waals surface area contributed by atoms with E-state index in [2.05, 4.69) is 9.44 Å². The first-order valence-electron chi connectivity index (χ1n) is 5.16. The summed E-state index contributed by atoms with van der Waals surface area (Å²) in [7, 11) is -3.49. The molecule has 6 heteroatoms. The van der Waals surface area contributed by atoms with Crippen molar-refractivity contribution in [1.82, 2.24) is 9.44 Å². The Bertz CT molecular complexity index is 263. The molecule has 0 aliphatic heterocycles. The van der Waals surface area contributed by atoms with Gasteiger partial charge in [0, 0.05) is 12.6 Å². The maximum absolute atomic E-state index is 11.5. The molecule has 15 heavy (non-hydrogen) atoms. The fourth-order valence-electron chi connectivity index (χ4n) is 0.901. The third kappa shape index (κ3) is 6.83. The Balaban J connectivity index is 4.23. The maximum atomic E-state index is 11.5. The lowest BCUT2D eigenvalue weighted by Gasteiger charge is -2.20. The third-order valence-electron chi connectivity index (χ3n) is 1.99. The minimum Gasteiger partial charge on any atom is -0.395 e. The van der Waals surface area contributed by atoms with E-state index in [-0.39, 0.29) is 18.4 Å². The van der Waals surface area contributed by atoms with Gasteiger partial charge in [0.25, 0.3) is 10.2 Å². The largest absolute Gasteiger partial charge is 0.395 e. The summed E-state index contributed by atoms with van der Waals surface area (Å²) in [6, 6.07) is -0.435. The Labute approximate surface area is 92.4 Å². The first kappa shape index (κ1) is 14.8. The molecule has 0 spiro atoms.